The predicted molar refractivity (Wildman–Crippen MR) is 43.2 cm³/mol. The van der Waals surface area contributed by atoms with Crippen molar-refractivity contribution in [2.45, 2.75) is 18.9 Å². The van der Waals surface area contributed by atoms with Crippen LogP contribution in [0.5, 0.6) is 0 Å². The van der Waals surface area contributed by atoms with Crippen molar-refractivity contribution in [1.29, 1.82) is 0 Å². The summed E-state index contributed by atoms with van der Waals surface area (Å²) in [5, 5.41) is 5.65. The largest absolute Gasteiger partial charge is 0.369 e. The van der Waals surface area contributed by atoms with Gasteiger partial charge in [-0.3, -0.25) is 9.59 Å². The molecule has 0 aromatic carbocycles. The number of amides is 2. The summed E-state index contributed by atoms with van der Waals surface area (Å²) in [5.41, 5.74) is 4.95. The highest BCUT2D eigenvalue weighted by molar-refractivity contribution is 5.77. The molecule has 0 aromatic rings. The van der Waals surface area contributed by atoms with Crippen molar-refractivity contribution in [1.82, 2.24) is 10.6 Å². The van der Waals surface area contributed by atoms with Crippen molar-refractivity contribution in [3.8, 4) is 0 Å². The SMILES string of the molecule is NC(=O)CNC1CCC(=O)NC1. The predicted octanol–water partition coefficient (Wildman–Crippen LogP) is -1.66. The Kier molecular flexibility index (Phi) is 3.04. The quantitative estimate of drug-likeness (QED) is 0.475. The molecular weight excluding hydrogens is 158 g/mol. The number of rotatable bonds is 3. The molecular formula is C7H13N3O2. The summed E-state index contributed by atoms with van der Waals surface area (Å²) in [5.74, 6) is -0.293. The Bertz CT molecular complexity index is 183. The summed E-state index contributed by atoms with van der Waals surface area (Å²) < 4.78 is 0. The zero-order chi connectivity index (χ0) is 8.97. The van der Waals surface area contributed by atoms with Crippen LogP contribution in [0.2, 0.25) is 0 Å². The van der Waals surface area contributed by atoms with Gasteiger partial charge in [0.2, 0.25) is 11.8 Å². The van der Waals surface area contributed by atoms with E-state index in [2.05, 4.69) is 10.6 Å². The maximum Gasteiger partial charge on any atom is 0.231 e. The van der Waals surface area contributed by atoms with E-state index in [0.29, 0.717) is 13.0 Å². The van der Waals surface area contributed by atoms with Crippen LogP contribution in [0.3, 0.4) is 0 Å². The van der Waals surface area contributed by atoms with Crippen LogP contribution in [0, 0.1) is 0 Å². The molecule has 5 nitrogen and oxygen atoms in total. The fraction of sp³-hybridized carbons (Fsp3) is 0.714. The van der Waals surface area contributed by atoms with Gasteiger partial charge in [0, 0.05) is 19.0 Å². The minimum atomic E-state index is -0.369. The van der Waals surface area contributed by atoms with Crippen LogP contribution in [0.15, 0.2) is 0 Å². The number of carbonyl (C=O) groups is 2. The molecule has 2 amide bonds. The molecule has 4 N–H and O–H groups in total. The van der Waals surface area contributed by atoms with Gasteiger partial charge in [0.05, 0.1) is 6.54 Å². The Labute approximate surface area is 70.7 Å². The molecule has 1 aliphatic heterocycles. The molecule has 5 heteroatoms. The van der Waals surface area contributed by atoms with Gasteiger partial charge in [-0.2, -0.15) is 0 Å². The van der Waals surface area contributed by atoms with Gasteiger partial charge in [-0.15, -0.1) is 0 Å². The molecule has 0 saturated carbocycles. The van der Waals surface area contributed by atoms with Crippen molar-refractivity contribution in [2.75, 3.05) is 13.1 Å². The number of piperidine rings is 1. The molecule has 1 heterocycles. The van der Waals surface area contributed by atoms with E-state index in [1.54, 1.807) is 0 Å². The molecule has 0 bridgehead atoms. The second-order valence-corrected chi connectivity index (χ2v) is 2.89. The van der Waals surface area contributed by atoms with E-state index in [9.17, 15) is 9.59 Å². The van der Waals surface area contributed by atoms with Gasteiger partial charge in [0.25, 0.3) is 0 Å². The number of nitrogens with one attached hydrogen (secondary N) is 2. The number of primary amides is 1. The maximum absolute atomic E-state index is 10.7. The molecule has 1 fully saturated rings. The third-order valence-corrected chi connectivity index (χ3v) is 1.83. The number of hydrogen-bond acceptors (Lipinski definition) is 3. The first kappa shape index (κ1) is 8.99. The Morgan fingerprint density at radius 3 is 3.00 bits per heavy atom. The van der Waals surface area contributed by atoms with Crippen LogP contribution >= 0.6 is 0 Å². The van der Waals surface area contributed by atoms with Crippen molar-refractivity contribution in [3.05, 3.63) is 0 Å². The van der Waals surface area contributed by atoms with Crippen molar-refractivity contribution >= 4 is 11.8 Å². The normalized spacial score (nSPS) is 23.3. The van der Waals surface area contributed by atoms with Crippen molar-refractivity contribution < 1.29 is 9.59 Å². The first-order valence-electron chi connectivity index (χ1n) is 3.97. The van der Waals surface area contributed by atoms with Gasteiger partial charge in [-0.1, -0.05) is 0 Å². The first-order chi connectivity index (χ1) is 5.68. The summed E-state index contributed by atoms with van der Waals surface area (Å²) in [6, 6.07) is 0.190. The van der Waals surface area contributed by atoms with E-state index < -0.39 is 0 Å². The molecule has 0 aliphatic carbocycles. The smallest absolute Gasteiger partial charge is 0.231 e. The van der Waals surface area contributed by atoms with Crippen LogP contribution in [0.1, 0.15) is 12.8 Å². The monoisotopic (exact) mass is 171 g/mol. The zero-order valence-corrected chi connectivity index (χ0v) is 6.80. The van der Waals surface area contributed by atoms with E-state index in [4.69, 9.17) is 5.73 Å². The minimum absolute atomic E-state index is 0.0760. The molecule has 0 aromatic heterocycles. The third kappa shape index (κ3) is 2.87. The maximum atomic E-state index is 10.7. The molecule has 1 rings (SSSR count). The topological polar surface area (TPSA) is 84.2 Å². The van der Waals surface area contributed by atoms with Crippen LogP contribution < -0.4 is 16.4 Å². The van der Waals surface area contributed by atoms with Gasteiger partial charge >= 0.3 is 0 Å². The van der Waals surface area contributed by atoms with E-state index in [0.717, 1.165) is 6.42 Å². The Balaban J connectivity index is 2.17. The lowest BCUT2D eigenvalue weighted by Gasteiger charge is -2.22. The highest BCUT2D eigenvalue weighted by atomic mass is 16.2. The summed E-state index contributed by atoms with van der Waals surface area (Å²) >= 11 is 0. The van der Waals surface area contributed by atoms with Gasteiger partial charge in [0.1, 0.15) is 0 Å². The second kappa shape index (κ2) is 4.06. The van der Waals surface area contributed by atoms with Crippen LogP contribution in [-0.4, -0.2) is 30.9 Å². The average molecular weight is 171 g/mol. The summed E-state index contributed by atoms with van der Waals surface area (Å²) in [7, 11) is 0. The third-order valence-electron chi connectivity index (χ3n) is 1.83. The molecule has 1 aliphatic rings. The Hall–Kier alpha value is -1.10. The van der Waals surface area contributed by atoms with Gasteiger partial charge < -0.3 is 16.4 Å². The summed E-state index contributed by atoms with van der Waals surface area (Å²) in [4.78, 5) is 21.1. The molecule has 1 saturated heterocycles. The Morgan fingerprint density at radius 1 is 1.75 bits per heavy atom. The van der Waals surface area contributed by atoms with Crippen molar-refractivity contribution in [3.63, 3.8) is 0 Å². The average Bonchev–Trinajstić information content (AvgIpc) is 2.03. The minimum Gasteiger partial charge on any atom is -0.369 e. The first-order valence-corrected chi connectivity index (χ1v) is 3.97. The van der Waals surface area contributed by atoms with Crippen LogP contribution in [0.25, 0.3) is 0 Å². The molecule has 1 atom stereocenters. The lowest BCUT2D eigenvalue weighted by Crippen LogP contribution is -2.47. The summed E-state index contributed by atoms with van der Waals surface area (Å²) in [6.45, 7) is 0.770. The highest BCUT2D eigenvalue weighted by Crippen LogP contribution is 2.01. The number of hydrogen-bond donors (Lipinski definition) is 3. The number of carbonyl (C=O) groups excluding carboxylic acids is 2. The van der Waals surface area contributed by atoms with Crippen molar-refractivity contribution in [2.24, 2.45) is 5.73 Å². The fourth-order valence-electron chi connectivity index (χ4n) is 1.15. The van der Waals surface area contributed by atoms with Crippen LogP contribution in [0.4, 0.5) is 0 Å². The molecule has 0 radical (unpaired) electrons. The molecule has 0 spiro atoms. The summed E-state index contributed by atoms with van der Waals surface area (Å²) in [6.07, 6.45) is 1.30. The van der Waals surface area contributed by atoms with Gasteiger partial charge in [-0.25, -0.2) is 0 Å². The Morgan fingerprint density at radius 2 is 2.50 bits per heavy atom. The number of nitrogens with two attached hydrogens (primary N) is 1. The van der Waals surface area contributed by atoms with Crippen LogP contribution in [-0.2, 0) is 9.59 Å². The van der Waals surface area contributed by atoms with E-state index in [-0.39, 0.29) is 24.4 Å². The van der Waals surface area contributed by atoms with E-state index in [1.165, 1.54) is 0 Å². The highest BCUT2D eigenvalue weighted by Gasteiger charge is 2.17. The standard InChI is InChI=1S/C7H13N3O2/c8-6(11)4-9-5-1-2-7(12)10-3-5/h5,9H,1-4H2,(H2,8,11)(H,10,12). The lowest BCUT2D eigenvalue weighted by atomic mass is 10.1. The second-order valence-electron chi connectivity index (χ2n) is 2.89. The fourth-order valence-corrected chi connectivity index (χ4v) is 1.15. The molecule has 12 heavy (non-hydrogen) atoms. The molecule has 1 unspecified atom stereocenters. The van der Waals surface area contributed by atoms with Gasteiger partial charge in [-0.05, 0) is 6.42 Å². The van der Waals surface area contributed by atoms with Gasteiger partial charge in [0.15, 0.2) is 0 Å². The zero-order valence-electron chi connectivity index (χ0n) is 6.80. The van der Waals surface area contributed by atoms with E-state index >= 15 is 0 Å². The lowest BCUT2D eigenvalue weighted by molar-refractivity contribution is -0.122. The van der Waals surface area contributed by atoms with E-state index in [1.807, 2.05) is 0 Å². The molecule has 68 valence electrons.